The average Bonchev–Trinajstić information content (AvgIpc) is 3.96. The number of oxazole rings is 1. The molecular weight excluding hydrogens is 627 g/mol. The predicted molar refractivity (Wildman–Crippen MR) is 207 cm³/mol. The molecule has 0 amide bonds. The number of para-hydroxylation sites is 4. The van der Waals surface area contributed by atoms with Crippen LogP contribution in [0.1, 0.15) is 0 Å². The van der Waals surface area contributed by atoms with Crippen LogP contribution in [0.5, 0.6) is 0 Å². The number of nitrogens with zero attached hydrogens (tertiary/aromatic N) is 5. The fraction of sp³-hybridized carbons (Fsp3) is 0. The fourth-order valence-corrected chi connectivity index (χ4v) is 8.41. The largest absolute Gasteiger partial charge is 0.443 e. The first-order chi connectivity index (χ1) is 25.3. The number of hydrogen-bond donors (Lipinski definition) is 0. The first kappa shape index (κ1) is 26.9. The van der Waals surface area contributed by atoms with Crippen LogP contribution in [0.15, 0.2) is 156 Å². The summed E-state index contributed by atoms with van der Waals surface area (Å²) in [6.07, 6.45) is 1.55. The lowest BCUT2D eigenvalue weighted by atomic mass is 9.99. The van der Waals surface area contributed by atoms with Gasteiger partial charge in [0.05, 0.1) is 38.5 Å². The van der Waals surface area contributed by atoms with E-state index in [9.17, 15) is 0 Å². The Morgan fingerprint density at radius 1 is 0.451 bits per heavy atom. The van der Waals surface area contributed by atoms with Crippen LogP contribution in [0.3, 0.4) is 0 Å². The van der Waals surface area contributed by atoms with Gasteiger partial charge in [0.25, 0.3) is 0 Å². The molecule has 12 aromatic rings. The zero-order chi connectivity index (χ0) is 33.2. The normalized spacial score (nSPS) is 12.3. The Kier molecular flexibility index (Phi) is 5.14. The van der Waals surface area contributed by atoms with Crippen molar-refractivity contribution < 1.29 is 4.42 Å². The molecule has 0 atom stereocenters. The monoisotopic (exact) mass is 651 g/mol. The van der Waals surface area contributed by atoms with Gasteiger partial charge in [0, 0.05) is 37.9 Å². The van der Waals surface area contributed by atoms with Gasteiger partial charge in [-0.1, -0.05) is 91.0 Å². The molecule has 6 heteroatoms. The third kappa shape index (κ3) is 3.57. The van der Waals surface area contributed by atoms with E-state index in [0.717, 1.165) is 71.8 Å². The van der Waals surface area contributed by atoms with Gasteiger partial charge in [-0.15, -0.1) is 0 Å². The van der Waals surface area contributed by atoms with Gasteiger partial charge in [0.15, 0.2) is 17.8 Å². The Balaban J connectivity index is 1.08. The SMILES string of the molecule is c1cc(-c2ccc3c(c2)c2c4ocnc4cc4c5ccccc5n3c42)cc(-c2nc(-n3c4ccccc4c4ccccc43)c3ccccc3n2)c1. The quantitative estimate of drug-likeness (QED) is 0.191. The number of hydrogen-bond acceptors (Lipinski definition) is 4. The number of rotatable bonds is 3. The van der Waals surface area contributed by atoms with Crippen molar-refractivity contribution in [1.29, 1.82) is 0 Å². The molecule has 6 nitrogen and oxygen atoms in total. The van der Waals surface area contributed by atoms with Crippen LogP contribution in [0, 0.1) is 0 Å². The van der Waals surface area contributed by atoms with Crippen molar-refractivity contribution in [2.24, 2.45) is 0 Å². The standard InChI is InChI=1S/C45H25N5O/c1-5-16-35-32(15-1)45(50-38-18-7-2-12-29(38)30-13-3-8-19-39(30)50)48-44(47-35)28-11-9-10-26(22-28)27-20-21-40-34(23-27)41-42-33(24-36-43(41)51-25-46-36)31-14-4-6-17-37(31)49(40)42/h1-25H. The predicted octanol–water partition coefficient (Wildman–Crippen LogP) is 11.4. The van der Waals surface area contributed by atoms with Gasteiger partial charge >= 0.3 is 0 Å². The summed E-state index contributed by atoms with van der Waals surface area (Å²) in [5.74, 6) is 1.55. The second-order valence-electron chi connectivity index (χ2n) is 13.3. The van der Waals surface area contributed by atoms with Gasteiger partial charge in [0.2, 0.25) is 0 Å². The highest BCUT2D eigenvalue weighted by atomic mass is 16.3. The van der Waals surface area contributed by atoms with E-state index in [1.807, 2.05) is 6.07 Å². The van der Waals surface area contributed by atoms with E-state index in [2.05, 4.69) is 153 Å². The molecule has 236 valence electrons. The van der Waals surface area contributed by atoms with Gasteiger partial charge in [-0.25, -0.2) is 15.0 Å². The number of aromatic nitrogens is 5. The van der Waals surface area contributed by atoms with Crippen molar-refractivity contribution in [2.75, 3.05) is 0 Å². The second-order valence-corrected chi connectivity index (χ2v) is 13.3. The summed E-state index contributed by atoms with van der Waals surface area (Å²) in [4.78, 5) is 15.0. The van der Waals surface area contributed by atoms with Gasteiger partial charge in [-0.05, 0) is 65.7 Å². The van der Waals surface area contributed by atoms with Crippen LogP contribution in [0.2, 0.25) is 0 Å². The smallest absolute Gasteiger partial charge is 0.182 e. The van der Waals surface area contributed by atoms with Crippen molar-refractivity contribution in [2.45, 2.75) is 0 Å². The van der Waals surface area contributed by atoms with Crippen LogP contribution in [0.4, 0.5) is 0 Å². The molecule has 0 bridgehead atoms. The van der Waals surface area contributed by atoms with Crippen LogP contribution in [0.25, 0.3) is 110 Å². The van der Waals surface area contributed by atoms with E-state index in [1.54, 1.807) is 6.39 Å². The van der Waals surface area contributed by atoms with E-state index in [-0.39, 0.29) is 0 Å². The molecule has 7 aromatic carbocycles. The molecule has 0 N–H and O–H groups in total. The third-order valence-electron chi connectivity index (χ3n) is 10.6. The number of benzene rings is 7. The molecule has 0 aliphatic rings. The minimum atomic E-state index is 0.684. The molecule has 0 saturated heterocycles. The molecular formula is C45H25N5O. The van der Waals surface area contributed by atoms with Crippen LogP contribution < -0.4 is 0 Å². The van der Waals surface area contributed by atoms with Crippen molar-refractivity contribution >= 4 is 81.9 Å². The second kappa shape index (κ2) is 9.77. The Morgan fingerprint density at radius 3 is 1.90 bits per heavy atom. The first-order valence-electron chi connectivity index (χ1n) is 17.1. The van der Waals surface area contributed by atoms with Crippen molar-refractivity contribution in [3.8, 4) is 28.3 Å². The Hall–Kier alpha value is -7.05. The topological polar surface area (TPSA) is 61.1 Å². The van der Waals surface area contributed by atoms with Crippen LogP contribution in [-0.4, -0.2) is 23.9 Å². The molecule has 12 rings (SSSR count). The molecule has 0 radical (unpaired) electrons. The molecule has 0 unspecified atom stereocenters. The molecule has 0 aliphatic heterocycles. The van der Waals surface area contributed by atoms with Crippen molar-refractivity contribution in [3.63, 3.8) is 0 Å². The minimum absolute atomic E-state index is 0.684. The van der Waals surface area contributed by atoms with Gasteiger partial charge in [0.1, 0.15) is 11.3 Å². The van der Waals surface area contributed by atoms with E-state index in [0.29, 0.717) is 5.82 Å². The van der Waals surface area contributed by atoms with E-state index < -0.39 is 0 Å². The summed E-state index contributed by atoms with van der Waals surface area (Å²) in [5.41, 5.74) is 11.5. The Morgan fingerprint density at radius 2 is 1.10 bits per heavy atom. The Labute approximate surface area is 289 Å². The molecule has 5 aromatic heterocycles. The van der Waals surface area contributed by atoms with E-state index in [4.69, 9.17) is 14.4 Å². The molecule has 0 saturated carbocycles. The van der Waals surface area contributed by atoms with Crippen LogP contribution >= 0.6 is 0 Å². The van der Waals surface area contributed by atoms with E-state index >= 15 is 0 Å². The van der Waals surface area contributed by atoms with Crippen molar-refractivity contribution in [1.82, 2.24) is 23.9 Å². The highest BCUT2D eigenvalue weighted by Crippen LogP contribution is 2.44. The number of fused-ring (bicyclic) bond motifs is 12. The highest BCUT2D eigenvalue weighted by molar-refractivity contribution is 6.30. The molecule has 51 heavy (non-hydrogen) atoms. The fourth-order valence-electron chi connectivity index (χ4n) is 8.41. The third-order valence-corrected chi connectivity index (χ3v) is 10.6. The van der Waals surface area contributed by atoms with Gasteiger partial charge in [-0.2, -0.15) is 0 Å². The van der Waals surface area contributed by atoms with E-state index in [1.165, 1.54) is 32.6 Å². The first-order valence-corrected chi connectivity index (χ1v) is 17.1. The van der Waals surface area contributed by atoms with Crippen molar-refractivity contribution in [3.05, 3.63) is 152 Å². The zero-order valence-corrected chi connectivity index (χ0v) is 27.1. The molecule has 5 heterocycles. The maximum Gasteiger partial charge on any atom is 0.182 e. The summed E-state index contributed by atoms with van der Waals surface area (Å²) in [5, 5.41) is 8.06. The summed E-state index contributed by atoms with van der Waals surface area (Å²) >= 11 is 0. The maximum absolute atomic E-state index is 6.04. The summed E-state index contributed by atoms with van der Waals surface area (Å²) in [6, 6.07) is 51.4. The highest BCUT2D eigenvalue weighted by Gasteiger charge is 2.22. The lowest BCUT2D eigenvalue weighted by Gasteiger charge is -2.13. The summed E-state index contributed by atoms with van der Waals surface area (Å²) in [7, 11) is 0. The molecule has 0 spiro atoms. The zero-order valence-electron chi connectivity index (χ0n) is 27.1. The molecule has 0 aliphatic carbocycles. The van der Waals surface area contributed by atoms with Crippen LogP contribution in [-0.2, 0) is 0 Å². The maximum atomic E-state index is 6.04. The summed E-state index contributed by atoms with van der Waals surface area (Å²) < 4.78 is 10.7. The Bertz CT molecular complexity index is 3330. The van der Waals surface area contributed by atoms with Gasteiger partial charge in [-0.3, -0.25) is 4.57 Å². The summed E-state index contributed by atoms with van der Waals surface area (Å²) in [6.45, 7) is 0. The van der Waals surface area contributed by atoms with Gasteiger partial charge < -0.3 is 8.82 Å². The minimum Gasteiger partial charge on any atom is -0.443 e. The average molecular weight is 652 g/mol. The lowest BCUT2D eigenvalue weighted by molar-refractivity contribution is 0.605. The lowest BCUT2D eigenvalue weighted by Crippen LogP contribution is -2.02. The molecule has 0 fully saturated rings.